The van der Waals surface area contributed by atoms with E-state index < -0.39 is 0 Å². The van der Waals surface area contributed by atoms with E-state index in [0.29, 0.717) is 18.0 Å². The molecule has 1 amide bonds. The van der Waals surface area contributed by atoms with Gasteiger partial charge < -0.3 is 20.1 Å². The van der Waals surface area contributed by atoms with Crippen LogP contribution in [0.1, 0.15) is 5.56 Å². The molecule has 0 saturated heterocycles. The van der Waals surface area contributed by atoms with Crippen molar-refractivity contribution in [1.82, 2.24) is 0 Å². The van der Waals surface area contributed by atoms with E-state index in [9.17, 15) is 4.79 Å². The van der Waals surface area contributed by atoms with Gasteiger partial charge in [0, 0.05) is 22.4 Å². The van der Waals surface area contributed by atoms with Crippen LogP contribution in [0.3, 0.4) is 0 Å². The van der Waals surface area contributed by atoms with Crippen molar-refractivity contribution in [3.8, 4) is 11.5 Å². The normalized spacial score (nSPS) is 10.2. The molecule has 0 aromatic heterocycles. The minimum atomic E-state index is -0.228. The molecule has 0 radical (unpaired) electrons. The Labute approximate surface area is 172 Å². The van der Waals surface area contributed by atoms with Gasteiger partial charge in [0.25, 0.3) is 5.91 Å². The summed E-state index contributed by atoms with van der Waals surface area (Å²) in [7, 11) is 1.58. The van der Waals surface area contributed by atoms with Crippen molar-refractivity contribution in [3.63, 3.8) is 0 Å². The first-order chi connectivity index (χ1) is 13.6. The fourth-order valence-electron chi connectivity index (χ4n) is 2.57. The lowest BCUT2D eigenvalue weighted by atomic mass is 10.2. The van der Waals surface area contributed by atoms with E-state index in [2.05, 4.69) is 26.6 Å². The number of hydrogen-bond acceptors (Lipinski definition) is 4. The summed E-state index contributed by atoms with van der Waals surface area (Å²) < 4.78 is 12.1. The third-order valence-electron chi connectivity index (χ3n) is 3.99. The van der Waals surface area contributed by atoms with Gasteiger partial charge in [0.05, 0.1) is 7.11 Å². The predicted molar refractivity (Wildman–Crippen MR) is 115 cm³/mol. The molecule has 0 fully saturated rings. The summed E-state index contributed by atoms with van der Waals surface area (Å²) >= 11 is 3.42. The van der Waals surface area contributed by atoms with Crippen LogP contribution in [0.25, 0.3) is 0 Å². The van der Waals surface area contributed by atoms with Crippen LogP contribution in [0.15, 0.2) is 77.3 Å². The molecule has 0 aliphatic heterocycles. The van der Waals surface area contributed by atoms with E-state index >= 15 is 0 Å². The highest BCUT2D eigenvalue weighted by Gasteiger charge is 2.09. The number of methoxy groups -OCH3 is 1. The number of hydrogen-bond donors (Lipinski definition) is 2. The van der Waals surface area contributed by atoms with Crippen LogP contribution < -0.4 is 20.1 Å². The van der Waals surface area contributed by atoms with E-state index in [4.69, 9.17) is 9.47 Å². The minimum Gasteiger partial charge on any atom is -0.493 e. The molecular weight excluding hydrogens is 420 g/mol. The van der Waals surface area contributed by atoms with E-state index in [1.165, 1.54) is 0 Å². The van der Waals surface area contributed by atoms with Gasteiger partial charge >= 0.3 is 0 Å². The number of rotatable bonds is 8. The maximum Gasteiger partial charge on any atom is 0.262 e. The van der Waals surface area contributed by atoms with Crippen LogP contribution in [0, 0.1) is 0 Å². The Morgan fingerprint density at radius 3 is 2.39 bits per heavy atom. The van der Waals surface area contributed by atoms with Gasteiger partial charge in [-0.15, -0.1) is 0 Å². The molecule has 3 aromatic carbocycles. The van der Waals surface area contributed by atoms with Gasteiger partial charge in [-0.1, -0.05) is 40.2 Å². The average molecular weight is 441 g/mol. The molecule has 6 heteroatoms. The largest absolute Gasteiger partial charge is 0.493 e. The zero-order chi connectivity index (χ0) is 19.8. The van der Waals surface area contributed by atoms with Crippen LogP contribution in [-0.4, -0.2) is 19.6 Å². The topological polar surface area (TPSA) is 59.6 Å². The van der Waals surface area contributed by atoms with Crippen LogP contribution in [0.2, 0.25) is 0 Å². The van der Waals surface area contributed by atoms with Gasteiger partial charge in [-0.2, -0.15) is 0 Å². The lowest BCUT2D eigenvalue weighted by Gasteiger charge is -2.13. The summed E-state index contributed by atoms with van der Waals surface area (Å²) in [6.07, 6.45) is 0. The lowest BCUT2D eigenvalue weighted by molar-refractivity contribution is -0.118. The van der Waals surface area contributed by atoms with Gasteiger partial charge in [0.1, 0.15) is 0 Å². The van der Waals surface area contributed by atoms with Gasteiger partial charge in [-0.3, -0.25) is 4.79 Å². The average Bonchev–Trinajstić information content (AvgIpc) is 2.73. The fourth-order valence-corrected chi connectivity index (χ4v) is 2.84. The number of carbonyl (C=O) groups excluding carboxylic acids is 1. The maximum absolute atomic E-state index is 12.0. The Kier molecular flexibility index (Phi) is 6.92. The molecule has 0 atom stereocenters. The second kappa shape index (κ2) is 9.80. The Morgan fingerprint density at radius 2 is 1.68 bits per heavy atom. The molecule has 0 unspecified atom stereocenters. The van der Waals surface area contributed by atoms with Crippen molar-refractivity contribution in [3.05, 3.63) is 82.8 Å². The molecule has 3 rings (SSSR count). The van der Waals surface area contributed by atoms with E-state index in [1.54, 1.807) is 7.11 Å². The standard InChI is InChI=1S/C22H21BrN2O3/c1-27-21-13-16(14-24-18-10-8-17(23)9-11-18)7-12-20(21)28-15-22(26)25-19-5-3-2-4-6-19/h2-13,24H,14-15H2,1H3,(H,25,26). The minimum absolute atomic E-state index is 0.0955. The van der Waals surface area contributed by atoms with Crippen molar-refractivity contribution < 1.29 is 14.3 Å². The van der Waals surface area contributed by atoms with Gasteiger partial charge in [0.15, 0.2) is 18.1 Å². The summed E-state index contributed by atoms with van der Waals surface area (Å²) in [6.45, 7) is 0.550. The van der Waals surface area contributed by atoms with Crippen molar-refractivity contribution in [2.45, 2.75) is 6.54 Å². The number of ether oxygens (including phenoxy) is 2. The van der Waals surface area contributed by atoms with Crippen LogP contribution >= 0.6 is 15.9 Å². The first-order valence-corrected chi connectivity index (χ1v) is 9.57. The van der Waals surface area contributed by atoms with Crippen molar-refractivity contribution in [1.29, 1.82) is 0 Å². The highest BCUT2D eigenvalue weighted by atomic mass is 79.9. The molecule has 144 valence electrons. The Balaban J connectivity index is 1.56. The first-order valence-electron chi connectivity index (χ1n) is 8.78. The number of amides is 1. The molecule has 3 aromatic rings. The van der Waals surface area contributed by atoms with Crippen molar-refractivity contribution in [2.75, 3.05) is 24.4 Å². The lowest BCUT2D eigenvalue weighted by Crippen LogP contribution is -2.20. The second-order valence-electron chi connectivity index (χ2n) is 6.05. The van der Waals surface area contributed by atoms with Crippen molar-refractivity contribution >= 4 is 33.2 Å². The monoisotopic (exact) mass is 440 g/mol. The molecule has 0 aliphatic carbocycles. The quantitative estimate of drug-likeness (QED) is 0.512. The first kappa shape index (κ1) is 19.8. The van der Waals surface area contributed by atoms with Crippen LogP contribution in [0.5, 0.6) is 11.5 Å². The third kappa shape index (κ3) is 5.76. The fraction of sp³-hybridized carbons (Fsp3) is 0.136. The number of anilines is 2. The van der Waals surface area contributed by atoms with Gasteiger partial charge in [-0.25, -0.2) is 0 Å². The third-order valence-corrected chi connectivity index (χ3v) is 4.51. The summed E-state index contributed by atoms with van der Waals surface area (Å²) in [4.78, 5) is 12.0. The summed E-state index contributed by atoms with van der Waals surface area (Å²) in [5.74, 6) is 0.884. The Bertz CT molecular complexity index is 915. The SMILES string of the molecule is COc1cc(CNc2ccc(Br)cc2)ccc1OCC(=O)Nc1ccccc1. The second-order valence-corrected chi connectivity index (χ2v) is 6.96. The zero-order valence-electron chi connectivity index (χ0n) is 15.4. The number of nitrogens with one attached hydrogen (secondary N) is 2. The highest BCUT2D eigenvalue weighted by molar-refractivity contribution is 9.10. The Morgan fingerprint density at radius 1 is 0.929 bits per heavy atom. The van der Waals surface area contributed by atoms with Crippen LogP contribution in [-0.2, 0) is 11.3 Å². The van der Waals surface area contributed by atoms with E-state index in [-0.39, 0.29) is 12.5 Å². The van der Waals surface area contributed by atoms with Crippen LogP contribution in [0.4, 0.5) is 11.4 Å². The maximum atomic E-state index is 12.0. The van der Waals surface area contributed by atoms with E-state index in [0.717, 1.165) is 21.4 Å². The molecule has 0 bridgehead atoms. The molecule has 0 saturated carbocycles. The number of halogens is 1. The van der Waals surface area contributed by atoms with Gasteiger partial charge in [-0.05, 0) is 54.1 Å². The Hall–Kier alpha value is -2.99. The zero-order valence-corrected chi connectivity index (χ0v) is 17.0. The number of para-hydroxylation sites is 1. The molecule has 0 spiro atoms. The smallest absolute Gasteiger partial charge is 0.262 e. The molecular formula is C22H21BrN2O3. The molecule has 0 aliphatic rings. The molecule has 5 nitrogen and oxygen atoms in total. The van der Waals surface area contributed by atoms with E-state index in [1.807, 2.05) is 72.8 Å². The summed E-state index contributed by atoms with van der Waals surface area (Å²) in [6, 6.07) is 22.9. The molecule has 2 N–H and O–H groups in total. The summed E-state index contributed by atoms with van der Waals surface area (Å²) in [5, 5.41) is 6.14. The highest BCUT2D eigenvalue weighted by Crippen LogP contribution is 2.28. The predicted octanol–water partition coefficient (Wildman–Crippen LogP) is 5.09. The summed E-state index contributed by atoms with van der Waals surface area (Å²) in [5.41, 5.74) is 2.80. The molecule has 0 heterocycles. The van der Waals surface area contributed by atoms with Gasteiger partial charge in [0.2, 0.25) is 0 Å². The number of benzene rings is 3. The molecule has 28 heavy (non-hydrogen) atoms. The van der Waals surface area contributed by atoms with Crippen molar-refractivity contribution in [2.24, 2.45) is 0 Å². The number of carbonyl (C=O) groups is 1.